The lowest BCUT2D eigenvalue weighted by Gasteiger charge is -2.22. The SMILES string of the molecule is COC(=O)[C@H](Cc1c[nH]c2ccccc12)NC(=O)c1cc2nc(-c3ccco3)c(C3CCCCC3)c(=O)n2[nH]1. The van der Waals surface area contributed by atoms with Crippen molar-refractivity contribution in [2.24, 2.45) is 0 Å². The first-order valence-electron chi connectivity index (χ1n) is 13.2. The van der Waals surface area contributed by atoms with Gasteiger partial charge in [-0.2, -0.15) is 0 Å². The number of carbonyl (C=O) groups excluding carboxylic acids is 2. The molecule has 3 N–H and O–H groups in total. The zero-order valence-corrected chi connectivity index (χ0v) is 21.5. The molecule has 1 aliphatic rings. The molecule has 1 amide bonds. The number of furan rings is 1. The van der Waals surface area contributed by atoms with Crippen molar-refractivity contribution in [2.45, 2.75) is 50.5 Å². The Kier molecular flexibility index (Phi) is 6.52. The topological polar surface area (TPSA) is 134 Å². The number of methoxy groups -OCH3 is 1. The summed E-state index contributed by atoms with van der Waals surface area (Å²) in [6.07, 6.45) is 8.66. The maximum Gasteiger partial charge on any atom is 0.328 e. The lowest BCUT2D eigenvalue weighted by Crippen LogP contribution is -2.43. The van der Waals surface area contributed by atoms with Gasteiger partial charge in [0, 0.05) is 29.6 Å². The quantitative estimate of drug-likeness (QED) is 0.270. The highest BCUT2D eigenvalue weighted by Crippen LogP contribution is 2.35. The summed E-state index contributed by atoms with van der Waals surface area (Å²) in [6, 6.07) is 11.9. The Morgan fingerprint density at radius 3 is 2.77 bits per heavy atom. The van der Waals surface area contributed by atoms with Gasteiger partial charge in [0.1, 0.15) is 17.4 Å². The number of aromatic nitrogens is 4. The Hall–Kier alpha value is -4.60. The molecule has 1 aromatic carbocycles. The molecule has 1 aliphatic carbocycles. The Bertz CT molecular complexity index is 1710. The number of para-hydroxylation sites is 1. The third kappa shape index (κ3) is 4.62. The van der Waals surface area contributed by atoms with Crippen LogP contribution in [0.2, 0.25) is 0 Å². The summed E-state index contributed by atoms with van der Waals surface area (Å²) in [6.45, 7) is 0. The number of esters is 1. The van der Waals surface area contributed by atoms with Gasteiger partial charge < -0.3 is 19.5 Å². The van der Waals surface area contributed by atoms with Crippen LogP contribution in [-0.2, 0) is 16.0 Å². The molecule has 1 saturated carbocycles. The number of hydrogen-bond acceptors (Lipinski definition) is 6. The summed E-state index contributed by atoms with van der Waals surface area (Å²) in [5.41, 5.74) is 3.07. The van der Waals surface area contributed by atoms with E-state index in [1.54, 1.807) is 18.4 Å². The minimum absolute atomic E-state index is 0.0659. The first kappa shape index (κ1) is 24.7. The predicted molar refractivity (Wildman–Crippen MR) is 145 cm³/mol. The van der Waals surface area contributed by atoms with Crippen LogP contribution in [0.3, 0.4) is 0 Å². The molecule has 0 spiro atoms. The first-order valence-corrected chi connectivity index (χ1v) is 13.2. The summed E-state index contributed by atoms with van der Waals surface area (Å²) < 4.78 is 11.9. The van der Waals surface area contributed by atoms with Gasteiger partial charge in [0.05, 0.1) is 18.9 Å². The fourth-order valence-corrected chi connectivity index (χ4v) is 5.61. The Balaban J connectivity index is 1.34. The van der Waals surface area contributed by atoms with Crippen LogP contribution in [-0.4, -0.2) is 44.6 Å². The molecule has 4 heterocycles. The van der Waals surface area contributed by atoms with Crippen molar-refractivity contribution < 1.29 is 18.7 Å². The van der Waals surface area contributed by atoms with E-state index in [1.807, 2.05) is 30.5 Å². The van der Waals surface area contributed by atoms with Crippen LogP contribution in [0.5, 0.6) is 0 Å². The van der Waals surface area contributed by atoms with E-state index in [0.29, 0.717) is 22.7 Å². The van der Waals surface area contributed by atoms with Crippen molar-refractivity contribution in [1.29, 1.82) is 0 Å². The van der Waals surface area contributed by atoms with Crippen LogP contribution >= 0.6 is 0 Å². The van der Waals surface area contributed by atoms with Gasteiger partial charge in [-0.25, -0.2) is 14.3 Å². The Labute approximate surface area is 223 Å². The van der Waals surface area contributed by atoms with Gasteiger partial charge in [0.25, 0.3) is 11.5 Å². The average molecular weight is 528 g/mol. The van der Waals surface area contributed by atoms with Gasteiger partial charge >= 0.3 is 5.97 Å². The second kappa shape index (κ2) is 10.3. The molecule has 1 atom stereocenters. The largest absolute Gasteiger partial charge is 0.467 e. The van der Waals surface area contributed by atoms with Crippen LogP contribution in [0, 0.1) is 0 Å². The van der Waals surface area contributed by atoms with E-state index in [0.717, 1.165) is 48.6 Å². The summed E-state index contributed by atoms with van der Waals surface area (Å²) in [5.74, 6) is -0.531. The number of hydrogen-bond donors (Lipinski definition) is 3. The minimum atomic E-state index is -0.936. The van der Waals surface area contributed by atoms with Crippen LogP contribution in [0.25, 0.3) is 28.0 Å². The lowest BCUT2D eigenvalue weighted by atomic mass is 9.83. The first-order chi connectivity index (χ1) is 19.0. The maximum atomic E-state index is 13.7. The summed E-state index contributed by atoms with van der Waals surface area (Å²) >= 11 is 0. The maximum absolute atomic E-state index is 13.7. The van der Waals surface area contributed by atoms with Crippen molar-refractivity contribution in [2.75, 3.05) is 7.11 Å². The number of rotatable bonds is 7. The molecule has 4 aromatic heterocycles. The minimum Gasteiger partial charge on any atom is -0.467 e. The standard InChI is InChI=1S/C29H29N5O5/c1-38-29(37)22(14-18-16-30-20-11-6-5-10-19(18)20)31-27(35)21-15-24-32-26(23-12-7-13-39-23)25(28(36)34(24)33-21)17-8-3-2-4-9-17/h5-7,10-13,15-17,22,30,33H,2-4,8-9,14H2,1H3,(H,31,35)/t22-/m0/s1. The third-order valence-corrected chi connectivity index (χ3v) is 7.55. The highest BCUT2D eigenvalue weighted by atomic mass is 16.5. The molecule has 39 heavy (non-hydrogen) atoms. The van der Waals surface area contributed by atoms with E-state index in [1.165, 1.54) is 17.7 Å². The molecule has 0 radical (unpaired) electrons. The van der Waals surface area contributed by atoms with E-state index < -0.39 is 17.9 Å². The number of amides is 1. The highest BCUT2D eigenvalue weighted by molar-refractivity contribution is 5.96. The zero-order valence-electron chi connectivity index (χ0n) is 21.5. The van der Waals surface area contributed by atoms with E-state index in [4.69, 9.17) is 14.1 Å². The molecule has 10 nitrogen and oxygen atoms in total. The second-order valence-electron chi connectivity index (χ2n) is 9.97. The van der Waals surface area contributed by atoms with E-state index >= 15 is 0 Å². The van der Waals surface area contributed by atoms with Gasteiger partial charge in [-0.3, -0.25) is 14.7 Å². The smallest absolute Gasteiger partial charge is 0.328 e. The number of H-pyrrole nitrogens is 2. The number of nitrogens with zero attached hydrogens (tertiary/aromatic N) is 2. The van der Waals surface area contributed by atoms with Gasteiger partial charge in [-0.1, -0.05) is 37.5 Å². The van der Waals surface area contributed by atoms with Gasteiger partial charge in [0.2, 0.25) is 0 Å². The summed E-state index contributed by atoms with van der Waals surface area (Å²) in [7, 11) is 1.28. The van der Waals surface area contributed by atoms with Crippen LogP contribution in [0.4, 0.5) is 0 Å². The molecular formula is C29H29N5O5. The normalized spacial score (nSPS) is 15.0. The third-order valence-electron chi connectivity index (χ3n) is 7.55. The van der Waals surface area contributed by atoms with Crippen LogP contribution in [0.1, 0.15) is 59.6 Å². The molecule has 0 unspecified atom stereocenters. The molecule has 6 rings (SSSR count). The monoisotopic (exact) mass is 527 g/mol. The van der Waals surface area contributed by atoms with Gasteiger partial charge in [-0.15, -0.1) is 0 Å². The second-order valence-corrected chi connectivity index (χ2v) is 9.97. The molecular weight excluding hydrogens is 498 g/mol. The fourth-order valence-electron chi connectivity index (χ4n) is 5.61. The number of carbonyl (C=O) groups is 2. The number of nitrogens with one attached hydrogen (secondary N) is 3. The van der Waals surface area contributed by atoms with Gasteiger partial charge in [-0.05, 0) is 42.5 Å². The molecule has 0 bridgehead atoms. The fraction of sp³-hybridized carbons (Fsp3) is 0.310. The van der Waals surface area contributed by atoms with Crippen molar-refractivity contribution in [1.82, 2.24) is 24.9 Å². The molecule has 5 aromatic rings. The van der Waals surface area contributed by atoms with E-state index in [9.17, 15) is 14.4 Å². The molecule has 1 fully saturated rings. The molecule has 200 valence electrons. The van der Waals surface area contributed by atoms with Crippen molar-refractivity contribution in [3.63, 3.8) is 0 Å². The highest BCUT2D eigenvalue weighted by Gasteiger charge is 2.28. The predicted octanol–water partition coefficient (Wildman–Crippen LogP) is 4.33. The van der Waals surface area contributed by atoms with Crippen molar-refractivity contribution in [3.05, 3.63) is 82.1 Å². The Morgan fingerprint density at radius 1 is 1.18 bits per heavy atom. The summed E-state index contributed by atoms with van der Waals surface area (Å²) in [4.78, 5) is 47.6. The summed E-state index contributed by atoms with van der Waals surface area (Å²) in [5, 5.41) is 6.64. The number of ether oxygens (including phenoxy) is 1. The van der Waals surface area contributed by atoms with Crippen LogP contribution < -0.4 is 10.9 Å². The van der Waals surface area contributed by atoms with Crippen molar-refractivity contribution >= 4 is 28.4 Å². The average Bonchev–Trinajstić information content (AvgIpc) is 3.73. The van der Waals surface area contributed by atoms with E-state index in [-0.39, 0.29) is 23.6 Å². The van der Waals surface area contributed by atoms with Gasteiger partial charge in [0.15, 0.2) is 11.4 Å². The van der Waals surface area contributed by atoms with Crippen LogP contribution in [0.15, 0.2) is 64.1 Å². The lowest BCUT2D eigenvalue weighted by molar-refractivity contribution is -0.142. The molecule has 0 saturated heterocycles. The van der Waals surface area contributed by atoms with E-state index in [2.05, 4.69) is 15.4 Å². The van der Waals surface area contributed by atoms with Crippen molar-refractivity contribution in [3.8, 4) is 11.5 Å². The molecule has 0 aliphatic heterocycles. The zero-order chi connectivity index (χ0) is 26.9. The molecule has 10 heteroatoms. The number of aromatic amines is 2. The Morgan fingerprint density at radius 2 is 2.00 bits per heavy atom. The number of fused-ring (bicyclic) bond motifs is 2. The number of benzene rings is 1.